The van der Waals surface area contributed by atoms with Gasteiger partial charge in [0.2, 0.25) is 0 Å². The minimum absolute atomic E-state index is 0.0309. The fourth-order valence-corrected chi connectivity index (χ4v) is 5.65. The van der Waals surface area contributed by atoms with E-state index >= 15 is 0 Å². The van der Waals surface area contributed by atoms with Crippen LogP contribution in [0.4, 0.5) is 0 Å². The van der Waals surface area contributed by atoms with Gasteiger partial charge in [-0.1, -0.05) is 0 Å². The van der Waals surface area contributed by atoms with Gasteiger partial charge in [0.15, 0.2) is 0 Å². The maximum absolute atomic E-state index is 12.4. The van der Waals surface area contributed by atoms with Crippen LogP contribution in [0.15, 0.2) is 6.07 Å². The van der Waals surface area contributed by atoms with Crippen molar-refractivity contribution in [3.05, 3.63) is 21.4 Å². The lowest BCUT2D eigenvalue weighted by Gasteiger charge is -2.44. The van der Waals surface area contributed by atoms with Crippen LogP contribution in [0.25, 0.3) is 0 Å². The smallest absolute Gasteiger partial charge is 0.261 e. The maximum atomic E-state index is 12.4. The summed E-state index contributed by atoms with van der Waals surface area (Å²) in [6, 6.07) is 2.06. The summed E-state index contributed by atoms with van der Waals surface area (Å²) in [6.07, 6.45) is 4.66. The molecule has 0 aromatic carbocycles. The minimum Gasteiger partial charge on any atom is -0.396 e. The maximum Gasteiger partial charge on any atom is 0.261 e. The normalized spacial score (nSPS) is 24.9. The molecule has 3 aliphatic heterocycles. The van der Waals surface area contributed by atoms with Crippen LogP contribution < -0.4 is 5.32 Å². The Kier molecular flexibility index (Phi) is 6.14. The van der Waals surface area contributed by atoms with Gasteiger partial charge in [-0.15, -0.1) is 11.3 Å². The second-order valence-corrected chi connectivity index (χ2v) is 9.04. The summed E-state index contributed by atoms with van der Waals surface area (Å²) < 4.78 is 11.8. The molecule has 2 fully saturated rings. The van der Waals surface area contributed by atoms with E-state index in [1.54, 1.807) is 11.3 Å². The highest BCUT2D eigenvalue weighted by molar-refractivity contribution is 7.14. The Labute approximate surface area is 164 Å². The number of rotatable bonds is 6. The lowest BCUT2D eigenvalue weighted by Crippen LogP contribution is -2.47. The Morgan fingerprint density at radius 1 is 1.37 bits per heavy atom. The Morgan fingerprint density at radius 2 is 2.22 bits per heavy atom. The molecular formula is C20H30N2O4S. The summed E-state index contributed by atoms with van der Waals surface area (Å²) in [5.41, 5.74) is 1.03. The molecule has 1 spiro atoms. The highest BCUT2D eigenvalue weighted by Gasteiger charge is 2.42. The topological polar surface area (TPSA) is 71.0 Å². The van der Waals surface area contributed by atoms with Crippen LogP contribution in [0, 0.1) is 5.92 Å². The molecule has 3 aliphatic rings. The zero-order valence-corrected chi connectivity index (χ0v) is 16.7. The molecule has 1 unspecified atom stereocenters. The van der Waals surface area contributed by atoms with Crippen molar-refractivity contribution in [3.63, 3.8) is 0 Å². The number of carbonyl (C=O) groups is 1. The average molecular weight is 395 g/mol. The van der Waals surface area contributed by atoms with Crippen molar-refractivity contribution >= 4 is 17.2 Å². The number of aliphatic hydroxyl groups excluding tert-OH is 1. The van der Waals surface area contributed by atoms with Gasteiger partial charge in [0, 0.05) is 50.7 Å². The molecule has 0 radical (unpaired) electrons. The van der Waals surface area contributed by atoms with Crippen molar-refractivity contribution in [2.45, 2.75) is 37.7 Å². The molecule has 2 saturated heterocycles. The van der Waals surface area contributed by atoms with Crippen molar-refractivity contribution in [2.75, 3.05) is 52.6 Å². The van der Waals surface area contributed by atoms with Crippen molar-refractivity contribution in [1.29, 1.82) is 0 Å². The van der Waals surface area contributed by atoms with E-state index in [1.165, 1.54) is 16.9 Å². The zero-order valence-electron chi connectivity index (χ0n) is 15.9. The molecule has 0 saturated carbocycles. The number of piperidine rings is 1. The molecule has 7 heteroatoms. The number of amides is 1. The predicted octanol–water partition coefficient (Wildman–Crippen LogP) is 1.76. The standard InChI is InChI=1S/C20H30N2O4S/c23-9-1-6-21-19(24)18-12-16-17(27-18)3-11-26-20(16)4-7-22(8-5-20)13-15-2-10-25-14-15/h12,15,23H,1-11,13-14H2,(H,21,24). The largest absolute Gasteiger partial charge is 0.396 e. The van der Waals surface area contributed by atoms with E-state index in [2.05, 4.69) is 16.3 Å². The molecule has 0 aliphatic carbocycles. The predicted molar refractivity (Wildman–Crippen MR) is 104 cm³/mol. The molecule has 150 valence electrons. The summed E-state index contributed by atoms with van der Waals surface area (Å²) in [5, 5.41) is 11.8. The molecule has 1 amide bonds. The molecule has 4 rings (SSSR count). The molecule has 1 aromatic heterocycles. The van der Waals surface area contributed by atoms with E-state index in [4.69, 9.17) is 14.6 Å². The fourth-order valence-electron chi connectivity index (χ4n) is 4.50. The Hall–Kier alpha value is -0.990. The monoisotopic (exact) mass is 394 g/mol. The number of thiophene rings is 1. The molecule has 4 heterocycles. The third-order valence-electron chi connectivity index (χ3n) is 6.06. The number of hydrogen-bond acceptors (Lipinski definition) is 6. The lowest BCUT2D eigenvalue weighted by molar-refractivity contribution is -0.0983. The minimum atomic E-state index is -0.212. The number of aliphatic hydroxyl groups is 1. The van der Waals surface area contributed by atoms with Crippen LogP contribution in [-0.2, 0) is 21.5 Å². The van der Waals surface area contributed by atoms with Gasteiger partial charge in [0.1, 0.15) is 0 Å². The Bertz CT molecular complexity index is 648. The molecule has 6 nitrogen and oxygen atoms in total. The van der Waals surface area contributed by atoms with E-state index < -0.39 is 0 Å². The molecule has 2 N–H and O–H groups in total. The van der Waals surface area contributed by atoms with Gasteiger partial charge in [0.25, 0.3) is 5.91 Å². The van der Waals surface area contributed by atoms with E-state index in [-0.39, 0.29) is 18.1 Å². The number of ether oxygens (including phenoxy) is 2. The van der Waals surface area contributed by atoms with Gasteiger partial charge in [-0.3, -0.25) is 4.79 Å². The number of nitrogens with one attached hydrogen (secondary N) is 1. The highest BCUT2D eigenvalue weighted by atomic mass is 32.1. The van der Waals surface area contributed by atoms with Gasteiger partial charge in [-0.2, -0.15) is 0 Å². The van der Waals surface area contributed by atoms with Crippen molar-refractivity contribution in [1.82, 2.24) is 10.2 Å². The summed E-state index contributed by atoms with van der Waals surface area (Å²) in [7, 11) is 0. The first-order valence-electron chi connectivity index (χ1n) is 10.2. The SMILES string of the molecule is O=C(NCCCO)c1cc2c(s1)CCOC21CCN(CC2CCOC2)CC1. The third-order valence-corrected chi connectivity index (χ3v) is 7.25. The summed E-state index contributed by atoms with van der Waals surface area (Å²) in [4.78, 5) is 17.0. The second kappa shape index (κ2) is 8.57. The second-order valence-electron chi connectivity index (χ2n) is 7.90. The number of hydrogen-bond donors (Lipinski definition) is 2. The van der Waals surface area contributed by atoms with Gasteiger partial charge in [-0.25, -0.2) is 0 Å². The Morgan fingerprint density at radius 3 is 2.96 bits per heavy atom. The third kappa shape index (κ3) is 4.22. The quantitative estimate of drug-likeness (QED) is 0.720. The Balaban J connectivity index is 1.41. The number of carbonyl (C=O) groups excluding carboxylic acids is 1. The van der Waals surface area contributed by atoms with E-state index in [9.17, 15) is 4.79 Å². The number of nitrogens with zero attached hydrogens (tertiary/aromatic N) is 1. The van der Waals surface area contributed by atoms with Gasteiger partial charge in [0.05, 0.1) is 23.7 Å². The summed E-state index contributed by atoms with van der Waals surface area (Å²) in [6.45, 7) is 6.39. The molecular weight excluding hydrogens is 364 g/mol. The number of fused-ring (bicyclic) bond motifs is 2. The van der Waals surface area contributed by atoms with Crippen molar-refractivity contribution < 1.29 is 19.4 Å². The number of likely N-dealkylation sites (tertiary alicyclic amines) is 1. The molecule has 27 heavy (non-hydrogen) atoms. The van der Waals surface area contributed by atoms with Crippen LogP contribution in [0.5, 0.6) is 0 Å². The summed E-state index contributed by atoms with van der Waals surface area (Å²) >= 11 is 1.61. The highest BCUT2D eigenvalue weighted by Crippen LogP contribution is 2.44. The first-order valence-corrected chi connectivity index (χ1v) is 11.0. The van der Waals surface area contributed by atoms with E-state index in [0.29, 0.717) is 18.9 Å². The van der Waals surface area contributed by atoms with Crippen LogP contribution in [-0.4, -0.2) is 68.5 Å². The average Bonchev–Trinajstić information content (AvgIpc) is 3.34. The van der Waals surface area contributed by atoms with Crippen molar-refractivity contribution in [3.8, 4) is 0 Å². The van der Waals surface area contributed by atoms with Crippen molar-refractivity contribution in [2.24, 2.45) is 5.92 Å². The summed E-state index contributed by atoms with van der Waals surface area (Å²) in [5.74, 6) is 0.647. The van der Waals surface area contributed by atoms with Crippen LogP contribution in [0.2, 0.25) is 0 Å². The lowest BCUT2D eigenvalue weighted by atomic mass is 9.82. The van der Waals surface area contributed by atoms with E-state index in [0.717, 1.165) is 63.6 Å². The van der Waals surface area contributed by atoms with Gasteiger partial charge in [-0.05, 0) is 43.2 Å². The fraction of sp³-hybridized carbons (Fsp3) is 0.750. The van der Waals surface area contributed by atoms with Crippen LogP contribution in [0.1, 0.15) is 45.8 Å². The first kappa shape index (κ1) is 19.3. The van der Waals surface area contributed by atoms with Crippen LogP contribution in [0.3, 0.4) is 0 Å². The van der Waals surface area contributed by atoms with Gasteiger partial charge >= 0.3 is 0 Å². The molecule has 1 aromatic rings. The molecule has 1 atom stereocenters. The van der Waals surface area contributed by atoms with E-state index in [1.807, 2.05) is 0 Å². The first-order chi connectivity index (χ1) is 13.2. The molecule has 0 bridgehead atoms. The zero-order chi connectivity index (χ0) is 18.7. The van der Waals surface area contributed by atoms with Crippen LogP contribution >= 0.6 is 11.3 Å². The van der Waals surface area contributed by atoms with Gasteiger partial charge < -0.3 is 24.8 Å².